The van der Waals surface area contributed by atoms with Crippen LogP contribution in [0.1, 0.15) is 28.7 Å². The number of nitrogens with one attached hydrogen (secondary N) is 1. The Labute approximate surface area is 189 Å². The number of hydrogen-bond donors (Lipinski definition) is 1. The average Bonchev–Trinajstić information content (AvgIpc) is 3.26. The fourth-order valence-corrected chi connectivity index (χ4v) is 3.94. The number of amides is 1. The van der Waals surface area contributed by atoms with Crippen LogP contribution in [-0.4, -0.2) is 50.3 Å². The van der Waals surface area contributed by atoms with Crippen molar-refractivity contribution in [3.8, 4) is 5.75 Å². The van der Waals surface area contributed by atoms with E-state index in [0.717, 1.165) is 42.3 Å². The molecule has 1 atom stereocenters. The second kappa shape index (κ2) is 11.0. The van der Waals surface area contributed by atoms with Crippen molar-refractivity contribution >= 4 is 5.91 Å². The normalized spacial score (nSPS) is 15.3. The molecule has 6 nitrogen and oxygen atoms in total. The number of para-hydroxylation sites is 1. The molecule has 1 fully saturated rings. The van der Waals surface area contributed by atoms with E-state index in [0.29, 0.717) is 19.8 Å². The number of rotatable bonds is 9. The van der Waals surface area contributed by atoms with Gasteiger partial charge in [0, 0.05) is 26.1 Å². The van der Waals surface area contributed by atoms with Gasteiger partial charge in [-0.3, -0.25) is 9.69 Å². The van der Waals surface area contributed by atoms with Crippen LogP contribution in [0.5, 0.6) is 5.75 Å². The number of carbonyl (C=O) groups excluding carboxylic acids is 1. The number of hydrogen-bond acceptors (Lipinski definition) is 5. The van der Waals surface area contributed by atoms with E-state index in [9.17, 15) is 4.79 Å². The summed E-state index contributed by atoms with van der Waals surface area (Å²) in [4.78, 5) is 14.9. The Morgan fingerprint density at radius 2 is 1.78 bits per heavy atom. The van der Waals surface area contributed by atoms with Gasteiger partial charge in [-0.2, -0.15) is 0 Å². The van der Waals surface area contributed by atoms with Crippen molar-refractivity contribution in [3.05, 3.63) is 89.4 Å². The van der Waals surface area contributed by atoms with Crippen LogP contribution in [0.3, 0.4) is 0 Å². The van der Waals surface area contributed by atoms with Gasteiger partial charge in [0.05, 0.1) is 19.3 Å². The lowest BCUT2D eigenvalue weighted by Crippen LogP contribution is -2.44. The summed E-state index contributed by atoms with van der Waals surface area (Å²) >= 11 is 0. The number of carbonyl (C=O) groups is 1. The minimum atomic E-state index is -0.152. The summed E-state index contributed by atoms with van der Waals surface area (Å²) in [5.41, 5.74) is 2.26. The third kappa shape index (κ3) is 5.99. The molecule has 0 saturated carbocycles. The Bertz CT molecular complexity index is 996. The summed E-state index contributed by atoms with van der Waals surface area (Å²) in [7, 11) is 0. The summed E-state index contributed by atoms with van der Waals surface area (Å²) in [6.07, 6.45) is 0.760. The molecule has 1 aromatic heterocycles. The van der Waals surface area contributed by atoms with E-state index < -0.39 is 0 Å². The fourth-order valence-electron chi connectivity index (χ4n) is 3.94. The first-order valence-corrected chi connectivity index (χ1v) is 11.1. The molecule has 1 N–H and O–H groups in total. The number of morpholine rings is 1. The Morgan fingerprint density at radius 1 is 1.03 bits per heavy atom. The Hall–Kier alpha value is -3.09. The summed E-state index contributed by atoms with van der Waals surface area (Å²) in [6, 6.07) is 22.0. The molecule has 1 aliphatic heterocycles. The molecule has 32 heavy (non-hydrogen) atoms. The van der Waals surface area contributed by atoms with Crippen LogP contribution in [0.25, 0.3) is 0 Å². The molecule has 3 aromatic rings. The first-order valence-electron chi connectivity index (χ1n) is 11.1. The highest BCUT2D eigenvalue weighted by Crippen LogP contribution is 2.24. The van der Waals surface area contributed by atoms with Crippen LogP contribution < -0.4 is 10.1 Å². The van der Waals surface area contributed by atoms with Crippen molar-refractivity contribution in [2.75, 3.05) is 39.5 Å². The first kappa shape index (κ1) is 22.1. The van der Waals surface area contributed by atoms with Gasteiger partial charge in [-0.1, -0.05) is 48.5 Å². The van der Waals surface area contributed by atoms with Crippen LogP contribution in [0.4, 0.5) is 0 Å². The van der Waals surface area contributed by atoms with E-state index in [1.165, 1.54) is 5.56 Å². The van der Waals surface area contributed by atoms with Gasteiger partial charge in [0.1, 0.15) is 17.3 Å². The highest BCUT2D eigenvalue weighted by Gasteiger charge is 2.25. The van der Waals surface area contributed by atoms with Crippen molar-refractivity contribution in [3.63, 3.8) is 0 Å². The molecule has 1 unspecified atom stereocenters. The van der Waals surface area contributed by atoms with Gasteiger partial charge in [0.25, 0.3) is 5.91 Å². The molecular formula is C26H30N2O4. The molecule has 6 heteroatoms. The van der Waals surface area contributed by atoms with Crippen molar-refractivity contribution in [1.82, 2.24) is 10.2 Å². The zero-order valence-corrected chi connectivity index (χ0v) is 18.5. The molecule has 168 valence electrons. The lowest BCUT2D eigenvalue weighted by Gasteiger charge is -2.33. The van der Waals surface area contributed by atoms with E-state index in [1.807, 2.05) is 61.5 Å². The maximum absolute atomic E-state index is 12.6. The first-order chi connectivity index (χ1) is 15.7. The topological polar surface area (TPSA) is 63.9 Å². The lowest BCUT2D eigenvalue weighted by atomic mass is 10.0. The third-order valence-corrected chi connectivity index (χ3v) is 5.64. The highest BCUT2D eigenvalue weighted by atomic mass is 16.5. The Kier molecular flexibility index (Phi) is 7.59. The van der Waals surface area contributed by atoms with Crippen LogP contribution >= 0.6 is 0 Å². The number of aryl methyl sites for hydroxylation is 1. The standard InChI is InChI=1S/C26H30N2O4/c1-20-11-12-25(32-20)23(28-13-15-30-16-14-28)18-27-26(29)19-31-24-10-6-5-9-22(24)17-21-7-3-2-4-8-21/h2-12,23H,13-19H2,1H3,(H,27,29). The number of furan rings is 1. The predicted octanol–water partition coefficient (Wildman–Crippen LogP) is 3.75. The zero-order valence-electron chi connectivity index (χ0n) is 18.5. The van der Waals surface area contributed by atoms with Crippen LogP contribution in [-0.2, 0) is 16.0 Å². The second-order valence-corrected chi connectivity index (χ2v) is 7.98. The summed E-state index contributed by atoms with van der Waals surface area (Å²) in [5.74, 6) is 2.31. The van der Waals surface area contributed by atoms with Crippen LogP contribution in [0, 0.1) is 6.92 Å². The molecule has 1 saturated heterocycles. The summed E-state index contributed by atoms with van der Waals surface area (Å²) < 4.78 is 17.2. The highest BCUT2D eigenvalue weighted by molar-refractivity contribution is 5.77. The van der Waals surface area contributed by atoms with E-state index in [1.54, 1.807) is 0 Å². The molecular weight excluding hydrogens is 404 g/mol. The van der Waals surface area contributed by atoms with Gasteiger partial charge >= 0.3 is 0 Å². The fraction of sp³-hybridized carbons (Fsp3) is 0.346. The van der Waals surface area contributed by atoms with Gasteiger partial charge in [0.2, 0.25) is 0 Å². The maximum atomic E-state index is 12.6. The molecule has 2 heterocycles. The lowest BCUT2D eigenvalue weighted by molar-refractivity contribution is -0.123. The quantitative estimate of drug-likeness (QED) is 0.556. The summed E-state index contributed by atoms with van der Waals surface area (Å²) in [6.45, 7) is 5.35. The van der Waals surface area contributed by atoms with E-state index >= 15 is 0 Å². The van der Waals surface area contributed by atoms with Crippen molar-refractivity contribution in [2.45, 2.75) is 19.4 Å². The molecule has 0 radical (unpaired) electrons. The average molecular weight is 435 g/mol. The van der Waals surface area contributed by atoms with Crippen LogP contribution in [0.15, 0.2) is 71.1 Å². The van der Waals surface area contributed by atoms with Gasteiger partial charge in [0.15, 0.2) is 6.61 Å². The minimum absolute atomic E-state index is 0.0260. The third-order valence-electron chi connectivity index (χ3n) is 5.64. The SMILES string of the molecule is Cc1ccc(C(CNC(=O)COc2ccccc2Cc2ccccc2)N2CCOCC2)o1. The van der Waals surface area contributed by atoms with Crippen molar-refractivity contribution in [1.29, 1.82) is 0 Å². The van der Waals surface area contributed by atoms with Crippen LogP contribution in [0.2, 0.25) is 0 Å². The summed E-state index contributed by atoms with van der Waals surface area (Å²) in [5, 5.41) is 3.02. The van der Waals surface area contributed by atoms with Gasteiger partial charge < -0.3 is 19.2 Å². The second-order valence-electron chi connectivity index (χ2n) is 7.98. The van der Waals surface area contributed by atoms with Crippen molar-refractivity contribution < 1.29 is 18.7 Å². The molecule has 1 amide bonds. The largest absolute Gasteiger partial charge is 0.483 e. The maximum Gasteiger partial charge on any atom is 0.258 e. The number of benzene rings is 2. The number of nitrogens with zero attached hydrogens (tertiary/aromatic N) is 1. The molecule has 0 aliphatic carbocycles. The zero-order chi connectivity index (χ0) is 22.2. The number of ether oxygens (including phenoxy) is 2. The molecule has 4 rings (SSSR count). The van der Waals surface area contributed by atoms with Gasteiger partial charge in [-0.05, 0) is 36.2 Å². The van der Waals surface area contributed by atoms with Crippen molar-refractivity contribution in [2.24, 2.45) is 0 Å². The monoisotopic (exact) mass is 434 g/mol. The minimum Gasteiger partial charge on any atom is -0.483 e. The molecule has 1 aliphatic rings. The molecule has 2 aromatic carbocycles. The molecule has 0 spiro atoms. The van der Waals surface area contributed by atoms with E-state index in [2.05, 4.69) is 22.3 Å². The van der Waals surface area contributed by atoms with Gasteiger partial charge in [-0.15, -0.1) is 0 Å². The Morgan fingerprint density at radius 3 is 2.53 bits per heavy atom. The predicted molar refractivity (Wildman–Crippen MR) is 123 cm³/mol. The van der Waals surface area contributed by atoms with Gasteiger partial charge in [-0.25, -0.2) is 0 Å². The molecule has 0 bridgehead atoms. The Balaban J connectivity index is 1.34. The van der Waals surface area contributed by atoms with E-state index in [4.69, 9.17) is 13.9 Å². The smallest absolute Gasteiger partial charge is 0.258 e. The van der Waals surface area contributed by atoms with E-state index in [-0.39, 0.29) is 18.6 Å².